The molecular weight excluding hydrogens is 200 g/mol. The van der Waals surface area contributed by atoms with Gasteiger partial charge in [0.1, 0.15) is 0 Å². The molecule has 0 saturated heterocycles. The van der Waals surface area contributed by atoms with Gasteiger partial charge in [-0.25, -0.2) is 0 Å². The van der Waals surface area contributed by atoms with Gasteiger partial charge in [0.25, 0.3) is 0 Å². The number of hydrogen-bond acceptors (Lipinski definition) is 2. The van der Waals surface area contributed by atoms with Gasteiger partial charge in [0, 0.05) is 13.0 Å². The molecule has 0 saturated carbocycles. The Morgan fingerprint density at radius 2 is 1.88 bits per heavy atom. The van der Waals surface area contributed by atoms with Gasteiger partial charge in [0.05, 0.1) is 12.9 Å². The first-order valence-electron chi connectivity index (χ1n) is 6.64. The molecule has 1 heterocycles. The van der Waals surface area contributed by atoms with Crippen LogP contribution in [0.5, 0.6) is 0 Å². The number of amides is 1. The summed E-state index contributed by atoms with van der Waals surface area (Å²) in [5.41, 5.74) is 0. The molecular formula is C13H24N2O. The van der Waals surface area contributed by atoms with Crippen LogP contribution in [0.2, 0.25) is 0 Å². The van der Waals surface area contributed by atoms with Crippen LogP contribution in [0.4, 0.5) is 0 Å². The minimum Gasteiger partial charge on any atom is -0.301 e. The Bertz CT molecular complexity index is 226. The molecule has 0 fully saturated rings. The highest BCUT2D eigenvalue weighted by Crippen LogP contribution is 2.09. The molecule has 0 atom stereocenters. The molecule has 0 aromatic rings. The van der Waals surface area contributed by atoms with E-state index in [4.69, 9.17) is 0 Å². The predicted molar refractivity (Wildman–Crippen MR) is 67.7 cm³/mol. The summed E-state index contributed by atoms with van der Waals surface area (Å²) in [5.74, 6) is 0.245. The molecule has 1 rings (SSSR count). The van der Waals surface area contributed by atoms with E-state index in [0.717, 1.165) is 19.5 Å². The summed E-state index contributed by atoms with van der Waals surface area (Å²) < 4.78 is 0. The second-order valence-corrected chi connectivity index (χ2v) is 4.48. The lowest BCUT2D eigenvalue weighted by molar-refractivity contribution is -0.126. The van der Waals surface area contributed by atoms with Crippen LogP contribution >= 0.6 is 0 Å². The van der Waals surface area contributed by atoms with Gasteiger partial charge in [-0.1, -0.05) is 45.4 Å². The smallest absolute Gasteiger partial charge is 0.227 e. The summed E-state index contributed by atoms with van der Waals surface area (Å²) in [6, 6.07) is 0. The van der Waals surface area contributed by atoms with E-state index in [-0.39, 0.29) is 5.91 Å². The highest BCUT2D eigenvalue weighted by atomic mass is 16.2. The number of aliphatic imine (C=N–C) groups is 1. The zero-order valence-electron chi connectivity index (χ0n) is 10.5. The third kappa shape index (κ3) is 5.29. The Labute approximate surface area is 98.9 Å². The van der Waals surface area contributed by atoms with E-state index in [1.165, 1.54) is 38.5 Å². The Kier molecular flexibility index (Phi) is 6.86. The van der Waals surface area contributed by atoms with Crippen LogP contribution in [-0.2, 0) is 4.79 Å². The van der Waals surface area contributed by atoms with Gasteiger partial charge in [-0.05, 0) is 6.42 Å². The van der Waals surface area contributed by atoms with Crippen molar-refractivity contribution in [1.82, 2.24) is 4.90 Å². The molecule has 0 unspecified atom stereocenters. The van der Waals surface area contributed by atoms with Gasteiger partial charge in [0.15, 0.2) is 0 Å². The van der Waals surface area contributed by atoms with Crippen LogP contribution in [0.15, 0.2) is 4.99 Å². The molecule has 3 heteroatoms. The van der Waals surface area contributed by atoms with E-state index < -0.39 is 0 Å². The SMILES string of the molecule is CCCCCCCCCC(=O)N1C=NCC1. The summed E-state index contributed by atoms with van der Waals surface area (Å²) in [6.07, 6.45) is 11.2. The molecule has 0 spiro atoms. The topological polar surface area (TPSA) is 32.7 Å². The monoisotopic (exact) mass is 224 g/mol. The van der Waals surface area contributed by atoms with Crippen LogP contribution in [0.1, 0.15) is 58.3 Å². The molecule has 0 N–H and O–H groups in total. The fourth-order valence-electron chi connectivity index (χ4n) is 1.95. The summed E-state index contributed by atoms with van der Waals surface area (Å²) in [4.78, 5) is 17.4. The van der Waals surface area contributed by atoms with E-state index in [1.807, 2.05) is 0 Å². The van der Waals surface area contributed by atoms with Gasteiger partial charge in [-0.2, -0.15) is 0 Å². The van der Waals surface area contributed by atoms with Gasteiger partial charge in [-0.3, -0.25) is 9.79 Å². The summed E-state index contributed by atoms with van der Waals surface area (Å²) in [6.45, 7) is 3.80. The van der Waals surface area contributed by atoms with Crippen LogP contribution in [-0.4, -0.2) is 30.2 Å². The molecule has 0 radical (unpaired) electrons. The molecule has 0 aliphatic carbocycles. The van der Waals surface area contributed by atoms with Crippen molar-refractivity contribution in [3.8, 4) is 0 Å². The molecule has 0 aromatic heterocycles. The standard InChI is InChI=1S/C13H24N2O/c1-2-3-4-5-6-7-8-9-13(16)15-11-10-14-12-15/h12H,2-11H2,1H3. The average Bonchev–Trinajstić information content (AvgIpc) is 2.81. The van der Waals surface area contributed by atoms with Crippen molar-refractivity contribution in [1.29, 1.82) is 0 Å². The van der Waals surface area contributed by atoms with Crippen LogP contribution in [0.3, 0.4) is 0 Å². The molecule has 1 aliphatic heterocycles. The zero-order chi connectivity index (χ0) is 11.6. The van der Waals surface area contributed by atoms with Crippen molar-refractivity contribution in [2.75, 3.05) is 13.1 Å². The first kappa shape index (κ1) is 13.2. The van der Waals surface area contributed by atoms with Gasteiger partial charge in [0.2, 0.25) is 5.91 Å². The van der Waals surface area contributed by atoms with Crippen LogP contribution in [0, 0.1) is 0 Å². The van der Waals surface area contributed by atoms with Crippen molar-refractivity contribution in [3.05, 3.63) is 0 Å². The lowest BCUT2D eigenvalue weighted by Crippen LogP contribution is -2.27. The minimum atomic E-state index is 0.245. The van der Waals surface area contributed by atoms with Crippen LogP contribution in [0.25, 0.3) is 0 Å². The first-order chi connectivity index (χ1) is 7.84. The largest absolute Gasteiger partial charge is 0.301 e. The maximum atomic E-state index is 11.6. The predicted octanol–water partition coefficient (Wildman–Crippen LogP) is 3.00. The third-order valence-corrected chi connectivity index (χ3v) is 3.01. The second kappa shape index (κ2) is 8.31. The maximum absolute atomic E-state index is 11.6. The molecule has 3 nitrogen and oxygen atoms in total. The van der Waals surface area contributed by atoms with Gasteiger partial charge < -0.3 is 4.90 Å². The van der Waals surface area contributed by atoms with Crippen molar-refractivity contribution < 1.29 is 4.79 Å². The molecule has 0 aromatic carbocycles. The molecule has 1 amide bonds. The summed E-state index contributed by atoms with van der Waals surface area (Å²) in [7, 11) is 0. The zero-order valence-corrected chi connectivity index (χ0v) is 10.5. The fourth-order valence-corrected chi connectivity index (χ4v) is 1.95. The number of unbranched alkanes of at least 4 members (excludes halogenated alkanes) is 6. The van der Waals surface area contributed by atoms with Gasteiger partial charge >= 0.3 is 0 Å². The normalized spacial score (nSPS) is 14.7. The van der Waals surface area contributed by atoms with Crippen molar-refractivity contribution in [3.63, 3.8) is 0 Å². The lowest BCUT2D eigenvalue weighted by atomic mass is 10.1. The highest BCUT2D eigenvalue weighted by Gasteiger charge is 2.13. The third-order valence-electron chi connectivity index (χ3n) is 3.01. The highest BCUT2D eigenvalue weighted by molar-refractivity contribution is 5.88. The Balaban J connectivity index is 1.90. The van der Waals surface area contributed by atoms with Crippen molar-refractivity contribution in [2.24, 2.45) is 4.99 Å². The Hall–Kier alpha value is -0.860. The van der Waals surface area contributed by atoms with E-state index in [9.17, 15) is 4.79 Å². The van der Waals surface area contributed by atoms with Gasteiger partial charge in [-0.15, -0.1) is 0 Å². The lowest BCUT2D eigenvalue weighted by Gasteiger charge is -2.11. The van der Waals surface area contributed by atoms with E-state index in [2.05, 4.69) is 11.9 Å². The fraction of sp³-hybridized carbons (Fsp3) is 0.846. The number of carbonyl (C=O) groups is 1. The van der Waals surface area contributed by atoms with E-state index >= 15 is 0 Å². The van der Waals surface area contributed by atoms with Crippen molar-refractivity contribution in [2.45, 2.75) is 58.3 Å². The number of hydrogen-bond donors (Lipinski definition) is 0. The van der Waals surface area contributed by atoms with Crippen molar-refractivity contribution >= 4 is 12.2 Å². The Morgan fingerprint density at radius 1 is 1.19 bits per heavy atom. The van der Waals surface area contributed by atoms with Crippen LogP contribution < -0.4 is 0 Å². The quantitative estimate of drug-likeness (QED) is 0.583. The molecule has 1 aliphatic rings. The molecule has 16 heavy (non-hydrogen) atoms. The number of carbonyl (C=O) groups excluding carboxylic acids is 1. The molecule has 92 valence electrons. The number of rotatable bonds is 8. The number of nitrogens with zero attached hydrogens (tertiary/aromatic N) is 2. The molecule has 0 bridgehead atoms. The summed E-state index contributed by atoms with van der Waals surface area (Å²) in [5, 5.41) is 0. The second-order valence-electron chi connectivity index (χ2n) is 4.48. The average molecular weight is 224 g/mol. The first-order valence-corrected chi connectivity index (χ1v) is 6.64. The van der Waals surface area contributed by atoms with E-state index in [1.54, 1.807) is 11.2 Å². The maximum Gasteiger partial charge on any atom is 0.227 e. The summed E-state index contributed by atoms with van der Waals surface area (Å²) >= 11 is 0. The Morgan fingerprint density at radius 3 is 2.50 bits per heavy atom. The minimum absolute atomic E-state index is 0.245. The van der Waals surface area contributed by atoms with E-state index in [0.29, 0.717) is 6.42 Å².